The number of thiazole rings is 1. The van der Waals surface area contributed by atoms with E-state index in [2.05, 4.69) is 36.4 Å². The third kappa shape index (κ3) is 4.64. The van der Waals surface area contributed by atoms with E-state index in [0.29, 0.717) is 6.54 Å². The lowest BCUT2D eigenvalue weighted by Gasteiger charge is -2.24. The van der Waals surface area contributed by atoms with Gasteiger partial charge in [0, 0.05) is 22.2 Å². The lowest BCUT2D eigenvalue weighted by Crippen LogP contribution is -2.43. The van der Waals surface area contributed by atoms with Crippen LogP contribution in [0.2, 0.25) is 0 Å². The largest absolute Gasteiger partial charge is 0.325 e. The zero-order valence-corrected chi connectivity index (χ0v) is 14.4. The summed E-state index contributed by atoms with van der Waals surface area (Å²) in [5.74, 6) is -0.0341. The van der Waals surface area contributed by atoms with Gasteiger partial charge in [-0.05, 0) is 39.3 Å². The first-order chi connectivity index (χ1) is 10.4. The van der Waals surface area contributed by atoms with E-state index in [1.165, 1.54) is 0 Å². The van der Waals surface area contributed by atoms with E-state index in [1.807, 2.05) is 36.6 Å². The molecule has 5 heteroatoms. The molecule has 1 amide bonds. The van der Waals surface area contributed by atoms with E-state index in [-0.39, 0.29) is 11.4 Å². The highest BCUT2D eigenvalue weighted by Crippen LogP contribution is 2.24. The van der Waals surface area contributed by atoms with Gasteiger partial charge in [0.05, 0.1) is 17.2 Å². The molecule has 0 aliphatic heterocycles. The molecule has 2 aromatic rings. The number of nitrogens with zero attached hydrogens (tertiary/aromatic N) is 1. The third-order valence-electron chi connectivity index (χ3n) is 3.67. The number of hydrogen-bond donors (Lipinski definition) is 2. The quantitative estimate of drug-likeness (QED) is 0.851. The van der Waals surface area contributed by atoms with Crippen molar-refractivity contribution in [3.63, 3.8) is 0 Å². The van der Waals surface area contributed by atoms with Gasteiger partial charge in [-0.3, -0.25) is 4.79 Å². The smallest absolute Gasteiger partial charge is 0.238 e. The number of amides is 1. The number of carbonyl (C=O) groups excluding carboxylic acids is 1. The van der Waals surface area contributed by atoms with Crippen LogP contribution in [0.25, 0.3) is 11.3 Å². The Kier molecular flexibility index (Phi) is 5.32. The van der Waals surface area contributed by atoms with Crippen molar-refractivity contribution in [3.8, 4) is 11.3 Å². The van der Waals surface area contributed by atoms with Gasteiger partial charge in [-0.15, -0.1) is 11.3 Å². The number of aryl methyl sites for hydroxylation is 1. The Hall–Kier alpha value is -1.72. The molecule has 2 rings (SSSR count). The summed E-state index contributed by atoms with van der Waals surface area (Å²) >= 11 is 1.62. The molecular weight excluding hydrogens is 294 g/mol. The van der Waals surface area contributed by atoms with Crippen LogP contribution < -0.4 is 10.6 Å². The Labute approximate surface area is 136 Å². The third-order valence-corrected chi connectivity index (χ3v) is 4.45. The second-order valence-electron chi connectivity index (χ2n) is 5.97. The average molecular weight is 317 g/mol. The summed E-state index contributed by atoms with van der Waals surface area (Å²) in [6, 6.07) is 7.79. The number of aromatic nitrogens is 1. The molecule has 0 radical (unpaired) electrons. The second-order valence-corrected chi connectivity index (χ2v) is 7.03. The van der Waals surface area contributed by atoms with Gasteiger partial charge in [-0.2, -0.15) is 0 Å². The molecule has 1 heterocycles. The topological polar surface area (TPSA) is 54.0 Å². The number of benzene rings is 1. The maximum atomic E-state index is 12.0. The molecule has 0 bridgehead atoms. The molecule has 0 unspecified atom stereocenters. The maximum Gasteiger partial charge on any atom is 0.238 e. The van der Waals surface area contributed by atoms with Crippen molar-refractivity contribution in [2.45, 2.75) is 39.7 Å². The van der Waals surface area contributed by atoms with E-state index >= 15 is 0 Å². The first kappa shape index (κ1) is 16.6. The average Bonchev–Trinajstić information content (AvgIpc) is 2.92. The Bertz CT molecular complexity index is 649. The molecule has 0 atom stereocenters. The van der Waals surface area contributed by atoms with E-state index in [9.17, 15) is 4.79 Å². The van der Waals surface area contributed by atoms with Gasteiger partial charge in [-0.25, -0.2) is 4.98 Å². The zero-order valence-electron chi connectivity index (χ0n) is 13.6. The predicted molar refractivity (Wildman–Crippen MR) is 93.3 cm³/mol. The summed E-state index contributed by atoms with van der Waals surface area (Å²) in [4.78, 5) is 16.5. The van der Waals surface area contributed by atoms with Gasteiger partial charge < -0.3 is 10.6 Å². The van der Waals surface area contributed by atoms with Gasteiger partial charge in [0.25, 0.3) is 0 Å². The molecule has 0 aliphatic carbocycles. The van der Waals surface area contributed by atoms with Gasteiger partial charge >= 0.3 is 0 Å². The van der Waals surface area contributed by atoms with Crippen LogP contribution in [0, 0.1) is 6.92 Å². The normalized spacial score (nSPS) is 11.5. The first-order valence-electron chi connectivity index (χ1n) is 7.47. The van der Waals surface area contributed by atoms with E-state index in [0.717, 1.165) is 28.4 Å². The minimum absolute atomic E-state index is 0.0304. The SMILES string of the molecule is CCC(C)(C)NCC(=O)Nc1cccc(-c2csc(C)n2)c1. The number of nitrogens with one attached hydrogen (secondary N) is 2. The van der Waals surface area contributed by atoms with Gasteiger partial charge in [0.1, 0.15) is 0 Å². The summed E-state index contributed by atoms with van der Waals surface area (Å²) < 4.78 is 0. The molecule has 1 aromatic heterocycles. The summed E-state index contributed by atoms with van der Waals surface area (Å²) in [6.45, 7) is 8.57. The highest BCUT2D eigenvalue weighted by atomic mass is 32.1. The number of rotatable bonds is 6. The Balaban J connectivity index is 2.00. The van der Waals surface area contributed by atoms with Crippen molar-refractivity contribution in [1.29, 1.82) is 0 Å². The predicted octanol–water partition coefficient (Wildman–Crippen LogP) is 3.84. The van der Waals surface area contributed by atoms with E-state index < -0.39 is 0 Å². The van der Waals surface area contributed by atoms with Crippen LogP contribution in [0.1, 0.15) is 32.2 Å². The van der Waals surface area contributed by atoms with Crippen molar-refractivity contribution in [1.82, 2.24) is 10.3 Å². The Morgan fingerprint density at radius 3 is 2.77 bits per heavy atom. The van der Waals surface area contributed by atoms with Crippen LogP contribution in [-0.4, -0.2) is 23.0 Å². The van der Waals surface area contributed by atoms with Crippen molar-refractivity contribution in [2.24, 2.45) is 0 Å². The Morgan fingerprint density at radius 2 is 2.14 bits per heavy atom. The molecular formula is C17H23N3OS. The molecule has 4 nitrogen and oxygen atoms in total. The molecule has 0 saturated carbocycles. The molecule has 1 aromatic carbocycles. The van der Waals surface area contributed by atoms with Crippen molar-refractivity contribution in [2.75, 3.05) is 11.9 Å². The molecule has 22 heavy (non-hydrogen) atoms. The summed E-state index contributed by atoms with van der Waals surface area (Å²) in [5.41, 5.74) is 2.73. The van der Waals surface area contributed by atoms with Crippen LogP contribution >= 0.6 is 11.3 Å². The van der Waals surface area contributed by atoms with Crippen molar-refractivity contribution < 1.29 is 4.79 Å². The molecule has 2 N–H and O–H groups in total. The molecule has 0 saturated heterocycles. The summed E-state index contributed by atoms with van der Waals surface area (Å²) in [6.07, 6.45) is 0.971. The molecule has 0 spiro atoms. The fraction of sp³-hybridized carbons (Fsp3) is 0.412. The van der Waals surface area contributed by atoms with Crippen LogP contribution in [0.4, 0.5) is 5.69 Å². The van der Waals surface area contributed by atoms with Crippen molar-refractivity contribution in [3.05, 3.63) is 34.7 Å². The second kappa shape index (κ2) is 7.03. The fourth-order valence-electron chi connectivity index (χ4n) is 1.90. The Morgan fingerprint density at radius 1 is 1.36 bits per heavy atom. The van der Waals surface area contributed by atoms with Crippen LogP contribution in [-0.2, 0) is 4.79 Å². The number of carbonyl (C=O) groups is 1. The molecule has 0 aliphatic rings. The van der Waals surface area contributed by atoms with Gasteiger partial charge in [0.15, 0.2) is 0 Å². The monoisotopic (exact) mass is 317 g/mol. The van der Waals surface area contributed by atoms with Gasteiger partial charge in [-0.1, -0.05) is 19.1 Å². The van der Waals surface area contributed by atoms with Crippen molar-refractivity contribution >= 4 is 22.9 Å². The highest BCUT2D eigenvalue weighted by molar-refractivity contribution is 7.09. The summed E-state index contributed by atoms with van der Waals surface area (Å²) in [7, 11) is 0. The fourth-order valence-corrected chi connectivity index (χ4v) is 2.52. The zero-order chi connectivity index (χ0) is 16.2. The lowest BCUT2D eigenvalue weighted by molar-refractivity contribution is -0.115. The minimum Gasteiger partial charge on any atom is -0.325 e. The van der Waals surface area contributed by atoms with E-state index in [1.54, 1.807) is 11.3 Å². The van der Waals surface area contributed by atoms with Crippen LogP contribution in [0.3, 0.4) is 0 Å². The maximum absolute atomic E-state index is 12.0. The number of anilines is 1. The van der Waals surface area contributed by atoms with Crippen LogP contribution in [0.5, 0.6) is 0 Å². The summed E-state index contributed by atoms with van der Waals surface area (Å²) in [5, 5.41) is 9.25. The molecule has 0 fully saturated rings. The highest BCUT2D eigenvalue weighted by Gasteiger charge is 2.15. The molecule has 118 valence electrons. The lowest BCUT2D eigenvalue weighted by atomic mass is 10.0. The minimum atomic E-state index is -0.0341. The number of hydrogen-bond acceptors (Lipinski definition) is 4. The van der Waals surface area contributed by atoms with Gasteiger partial charge in [0.2, 0.25) is 5.91 Å². The van der Waals surface area contributed by atoms with Crippen LogP contribution in [0.15, 0.2) is 29.6 Å². The first-order valence-corrected chi connectivity index (χ1v) is 8.35. The van der Waals surface area contributed by atoms with E-state index in [4.69, 9.17) is 0 Å². The standard InChI is InChI=1S/C17H23N3OS/c1-5-17(3,4)18-10-16(21)20-14-8-6-7-13(9-14)15-11-22-12(2)19-15/h6-9,11,18H,5,10H2,1-4H3,(H,20,21).